The molecule has 0 bridgehead atoms. The maximum absolute atomic E-state index is 13.3. The van der Waals surface area contributed by atoms with Crippen LogP contribution in [0.25, 0.3) is 5.57 Å². The highest BCUT2D eigenvalue weighted by atomic mass is 32.1. The van der Waals surface area contributed by atoms with Crippen molar-refractivity contribution >= 4 is 40.1 Å². The summed E-state index contributed by atoms with van der Waals surface area (Å²) < 4.78 is 0. The molecule has 6 heteroatoms. The monoisotopic (exact) mass is 445 g/mol. The number of thiophene rings is 1. The van der Waals surface area contributed by atoms with E-state index in [0.29, 0.717) is 11.3 Å². The van der Waals surface area contributed by atoms with Gasteiger partial charge in [0.1, 0.15) is 5.70 Å². The van der Waals surface area contributed by atoms with Gasteiger partial charge in [-0.3, -0.25) is 14.5 Å². The zero-order valence-corrected chi connectivity index (χ0v) is 19.4. The van der Waals surface area contributed by atoms with Crippen LogP contribution in [0, 0.1) is 6.92 Å². The first-order chi connectivity index (χ1) is 15.5. The van der Waals surface area contributed by atoms with Crippen LogP contribution in [-0.4, -0.2) is 29.8 Å². The molecule has 0 spiro atoms. The molecule has 0 fully saturated rings. The lowest BCUT2D eigenvalue weighted by Crippen LogP contribution is -2.31. The highest BCUT2D eigenvalue weighted by Gasteiger charge is 2.39. The molecule has 32 heavy (non-hydrogen) atoms. The van der Waals surface area contributed by atoms with Crippen molar-refractivity contribution in [2.45, 2.75) is 27.3 Å². The van der Waals surface area contributed by atoms with E-state index in [1.54, 1.807) is 0 Å². The van der Waals surface area contributed by atoms with Gasteiger partial charge in [0, 0.05) is 29.3 Å². The number of carbonyl (C=O) groups is 2. The Morgan fingerprint density at radius 2 is 1.59 bits per heavy atom. The Labute approximate surface area is 193 Å². The molecule has 0 aliphatic carbocycles. The van der Waals surface area contributed by atoms with E-state index in [0.717, 1.165) is 40.5 Å². The molecule has 0 unspecified atom stereocenters. The Balaban J connectivity index is 1.63. The number of hydrogen-bond acceptors (Lipinski definition) is 5. The number of hydrogen-bond donors (Lipinski definition) is 1. The summed E-state index contributed by atoms with van der Waals surface area (Å²) in [5.74, 6) is -0.563. The number of rotatable bonds is 8. The molecule has 1 aromatic heterocycles. The van der Waals surface area contributed by atoms with Crippen LogP contribution in [0.3, 0.4) is 0 Å². The number of amides is 2. The standard InChI is InChI=1S/C26H27N3O2S/c1-4-28(5-2)21-14-12-20(13-15-21)27-24-23(22-7-6-16-32-22)25(30)29(26(24)31)17-19-10-8-18(3)9-11-19/h6-16,27H,4-5,17H2,1-3H3. The number of carbonyl (C=O) groups excluding carboxylic acids is 2. The van der Waals surface area contributed by atoms with Crippen molar-refractivity contribution in [2.24, 2.45) is 0 Å². The molecule has 1 aliphatic rings. The highest BCUT2D eigenvalue weighted by molar-refractivity contribution is 7.11. The minimum absolute atomic E-state index is 0.249. The van der Waals surface area contributed by atoms with Crippen LogP contribution < -0.4 is 10.2 Å². The van der Waals surface area contributed by atoms with Crippen molar-refractivity contribution in [3.8, 4) is 0 Å². The Hall–Kier alpha value is -3.38. The first-order valence-corrected chi connectivity index (χ1v) is 11.7. The Bertz CT molecular complexity index is 1130. The summed E-state index contributed by atoms with van der Waals surface area (Å²) >= 11 is 1.46. The van der Waals surface area contributed by atoms with Crippen LogP contribution in [0.2, 0.25) is 0 Å². The number of nitrogens with one attached hydrogen (secondary N) is 1. The molecular formula is C26H27N3O2S. The molecule has 0 radical (unpaired) electrons. The van der Waals surface area contributed by atoms with Crippen molar-refractivity contribution < 1.29 is 9.59 Å². The summed E-state index contributed by atoms with van der Waals surface area (Å²) in [6.07, 6.45) is 0. The summed E-state index contributed by atoms with van der Waals surface area (Å²) in [6.45, 7) is 8.37. The predicted molar refractivity (Wildman–Crippen MR) is 132 cm³/mol. The van der Waals surface area contributed by atoms with E-state index in [1.165, 1.54) is 16.2 Å². The van der Waals surface area contributed by atoms with E-state index in [-0.39, 0.29) is 18.4 Å². The average molecular weight is 446 g/mol. The van der Waals surface area contributed by atoms with E-state index < -0.39 is 0 Å². The Morgan fingerprint density at radius 1 is 0.906 bits per heavy atom. The normalized spacial score (nSPS) is 13.8. The van der Waals surface area contributed by atoms with Gasteiger partial charge >= 0.3 is 0 Å². The van der Waals surface area contributed by atoms with Gasteiger partial charge in [0.15, 0.2) is 0 Å². The molecule has 5 nitrogen and oxygen atoms in total. The van der Waals surface area contributed by atoms with Gasteiger partial charge in [-0.2, -0.15) is 0 Å². The first kappa shape index (κ1) is 21.8. The fourth-order valence-corrected chi connectivity index (χ4v) is 4.62. The zero-order valence-electron chi connectivity index (χ0n) is 18.6. The van der Waals surface area contributed by atoms with Gasteiger partial charge in [-0.25, -0.2) is 0 Å². The second kappa shape index (κ2) is 9.40. The van der Waals surface area contributed by atoms with Crippen LogP contribution in [0.5, 0.6) is 0 Å². The van der Waals surface area contributed by atoms with Crippen LogP contribution in [0.4, 0.5) is 11.4 Å². The lowest BCUT2D eigenvalue weighted by atomic mass is 10.1. The van der Waals surface area contributed by atoms with Gasteiger partial charge in [-0.05, 0) is 62.0 Å². The first-order valence-electron chi connectivity index (χ1n) is 10.8. The maximum Gasteiger partial charge on any atom is 0.278 e. The lowest BCUT2D eigenvalue weighted by molar-refractivity contribution is -0.137. The van der Waals surface area contributed by atoms with Crippen LogP contribution in [0.1, 0.15) is 29.9 Å². The van der Waals surface area contributed by atoms with Crippen molar-refractivity contribution in [3.63, 3.8) is 0 Å². The topological polar surface area (TPSA) is 52.7 Å². The van der Waals surface area contributed by atoms with Gasteiger partial charge in [0.2, 0.25) is 0 Å². The fraction of sp³-hybridized carbons (Fsp3) is 0.231. The smallest absolute Gasteiger partial charge is 0.278 e. The van der Waals surface area contributed by atoms with Gasteiger partial charge in [0.25, 0.3) is 11.8 Å². The van der Waals surface area contributed by atoms with Crippen molar-refractivity contribution in [1.29, 1.82) is 0 Å². The average Bonchev–Trinajstić information content (AvgIpc) is 3.40. The molecule has 2 heterocycles. The summed E-state index contributed by atoms with van der Waals surface area (Å²) in [5.41, 5.74) is 4.74. The Morgan fingerprint density at radius 3 is 2.19 bits per heavy atom. The molecule has 0 saturated heterocycles. The maximum atomic E-state index is 13.3. The third-order valence-corrected chi connectivity index (χ3v) is 6.55. The summed E-state index contributed by atoms with van der Waals surface area (Å²) in [4.78, 5) is 31.0. The number of imide groups is 1. The van der Waals surface area contributed by atoms with Gasteiger partial charge < -0.3 is 10.2 Å². The second-order valence-electron chi connectivity index (χ2n) is 7.75. The summed E-state index contributed by atoms with van der Waals surface area (Å²) in [6, 6.07) is 19.6. The fourth-order valence-electron chi connectivity index (χ4n) is 3.85. The molecule has 4 rings (SSSR count). The molecule has 164 valence electrons. The van der Waals surface area contributed by atoms with Crippen LogP contribution >= 0.6 is 11.3 Å². The van der Waals surface area contributed by atoms with Gasteiger partial charge in [0.05, 0.1) is 12.1 Å². The van der Waals surface area contributed by atoms with Crippen LogP contribution in [-0.2, 0) is 16.1 Å². The molecular weight excluding hydrogens is 418 g/mol. The third-order valence-electron chi connectivity index (χ3n) is 5.66. The molecule has 1 aliphatic heterocycles. The summed E-state index contributed by atoms with van der Waals surface area (Å²) in [5, 5.41) is 5.16. The molecule has 2 aromatic carbocycles. The van der Waals surface area contributed by atoms with E-state index >= 15 is 0 Å². The predicted octanol–water partition coefficient (Wildman–Crippen LogP) is 5.29. The minimum Gasteiger partial charge on any atom is -0.372 e. The van der Waals surface area contributed by atoms with Gasteiger partial charge in [-0.1, -0.05) is 35.9 Å². The zero-order chi connectivity index (χ0) is 22.7. The third kappa shape index (κ3) is 4.32. The molecule has 1 N–H and O–H groups in total. The quantitative estimate of drug-likeness (QED) is 0.479. The number of aryl methyl sites for hydroxylation is 1. The molecule has 0 saturated carbocycles. The van der Waals surface area contributed by atoms with Crippen molar-refractivity contribution in [3.05, 3.63) is 87.7 Å². The molecule has 3 aromatic rings. The summed E-state index contributed by atoms with van der Waals surface area (Å²) in [7, 11) is 0. The van der Waals surface area contributed by atoms with Crippen LogP contribution in [0.15, 0.2) is 71.7 Å². The minimum atomic E-state index is -0.299. The van der Waals surface area contributed by atoms with Crippen molar-refractivity contribution in [2.75, 3.05) is 23.3 Å². The van der Waals surface area contributed by atoms with E-state index in [9.17, 15) is 9.59 Å². The van der Waals surface area contributed by atoms with E-state index in [2.05, 4.69) is 24.1 Å². The SMILES string of the molecule is CCN(CC)c1ccc(NC2=C(c3cccs3)C(=O)N(Cc3ccc(C)cc3)C2=O)cc1. The largest absolute Gasteiger partial charge is 0.372 e. The molecule has 0 atom stereocenters. The van der Waals surface area contributed by atoms with Gasteiger partial charge in [-0.15, -0.1) is 11.3 Å². The lowest BCUT2D eigenvalue weighted by Gasteiger charge is -2.21. The van der Waals surface area contributed by atoms with Crippen molar-refractivity contribution in [1.82, 2.24) is 4.90 Å². The number of benzene rings is 2. The molecule has 2 amide bonds. The Kier molecular flexibility index (Phi) is 6.42. The van der Waals surface area contributed by atoms with E-state index in [4.69, 9.17) is 0 Å². The second-order valence-corrected chi connectivity index (χ2v) is 8.70. The van der Waals surface area contributed by atoms with E-state index in [1.807, 2.05) is 73.0 Å². The number of nitrogens with zero attached hydrogens (tertiary/aromatic N) is 2. The highest BCUT2D eigenvalue weighted by Crippen LogP contribution is 2.34. The number of anilines is 2.